The van der Waals surface area contributed by atoms with Gasteiger partial charge in [-0.3, -0.25) is 14.7 Å². The number of carbonyl (C=O) groups is 2. The van der Waals surface area contributed by atoms with Gasteiger partial charge in [0.15, 0.2) is 5.82 Å². The Morgan fingerprint density at radius 3 is 2.93 bits per heavy atom. The summed E-state index contributed by atoms with van der Waals surface area (Å²) in [7, 11) is 0. The minimum Gasteiger partial charge on any atom is -0.489 e. The molecule has 2 aliphatic rings. The van der Waals surface area contributed by atoms with Crippen LogP contribution in [-0.2, 0) is 11.2 Å². The number of nitrogens with zero attached hydrogens (tertiary/aromatic N) is 2. The molecule has 9 heteroatoms. The van der Waals surface area contributed by atoms with Gasteiger partial charge in [0.1, 0.15) is 29.9 Å². The predicted octanol–water partition coefficient (Wildman–Crippen LogP) is 2.50. The number of fused-ring (bicyclic) bond motifs is 1. The van der Waals surface area contributed by atoms with Crippen LogP contribution in [0.2, 0.25) is 0 Å². The van der Waals surface area contributed by atoms with E-state index in [1.54, 1.807) is 13.0 Å². The number of benzene rings is 1. The van der Waals surface area contributed by atoms with E-state index in [1.807, 2.05) is 0 Å². The summed E-state index contributed by atoms with van der Waals surface area (Å²) in [4.78, 5) is 29.1. The number of aryl methyl sites for hydroxylation is 2. The summed E-state index contributed by atoms with van der Waals surface area (Å²) in [6.07, 6.45) is 6.84. The molecule has 0 unspecified atom stereocenters. The Bertz CT molecular complexity index is 923. The third-order valence-electron chi connectivity index (χ3n) is 5.47. The second-order valence-electron chi connectivity index (χ2n) is 7.74. The Morgan fingerprint density at radius 1 is 1.34 bits per heavy atom. The van der Waals surface area contributed by atoms with Crippen molar-refractivity contribution in [3.63, 3.8) is 0 Å². The van der Waals surface area contributed by atoms with E-state index >= 15 is 0 Å². The van der Waals surface area contributed by atoms with Crippen LogP contribution in [0.1, 0.15) is 54.1 Å². The maximum Gasteiger partial charge on any atom is 0.291 e. The Morgan fingerprint density at radius 2 is 2.14 bits per heavy atom. The van der Waals surface area contributed by atoms with Crippen LogP contribution >= 0.6 is 0 Å². The molecule has 3 N–H and O–H groups in total. The Labute approximate surface area is 167 Å². The molecule has 1 aliphatic heterocycles. The van der Waals surface area contributed by atoms with Crippen molar-refractivity contribution in [1.29, 1.82) is 0 Å². The number of hydrogen-bond acceptors (Lipinski definition) is 5. The molecule has 8 nitrogen and oxygen atoms in total. The highest BCUT2D eigenvalue weighted by atomic mass is 19.1. The maximum absolute atomic E-state index is 14.1. The Kier molecular flexibility index (Phi) is 5.46. The number of rotatable bonds is 5. The van der Waals surface area contributed by atoms with E-state index in [1.165, 1.54) is 31.7 Å². The maximum atomic E-state index is 14.1. The molecule has 0 radical (unpaired) electrons. The van der Waals surface area contributed by atoms with Crippen LogP contribution in [0, 0.1) is 18.7 Å². The fourth-order valence-electron chi connectivity index (χ4n) is 3.88. The fraction of sp³-hybridized carbons (Fsp3) is 0.500. The molecule has 1 fully saturated rings. The number of hydrogen-bond donors (Lipinski definition) is 3. The van der Waals surface area contributed by atoms with Crippen LogP contribution in [0.4, 0.5) is 10.1 Å². The van der Waals surface area contributed by atoms with Gasteiger partial charge in [0.2, 0.25) is 5.82 Å². The van der Waals surface area contributed by atoms with E-state index in [9.17, 15) is 14.0 Å². The first-order chi connectivity index (χ1) is 14.0. The molecule has 2 aromatic rings. The van der Waals surface area contributed by atoms with Gasteiger partial charge in [0, 0.05) is 6.42 Å². The first kappa shape index (κ1) is 19.4. The molecule has 0 saturated heterocycles. The minimum absolute atomic E-state index is 0.0237. The van der Waals surface area contributed by atoms with Crippen molar-refractivity contribution in [2.24, 2.45) is 5.92 Å². The molecule has 2 amide bonds. The number of amides is 2. The van der Waals surface area contributed by atoms with E-state index in [-0.39, 0.29) is 23.9 Å². The predicted molar refractivity (Wildman–Crippen MR) is 103 cm³/mol. The number of carbonyl (C=O) groups excluding carboxylic acids is 2. The third-order valence-corrected chi connectivity index (χ3v) is 5.47. The summed E-state index contributed by atoms with van der Waals surface area (Å²) in [5.41, 5.74) is 0.647. The molecule has 1 atom stereocenters. The van der Waals surface area contributed by atoms with Gasteiger partial charge in [-0.1, -0.05) is 25.7 Å². The van der Waals surface area contributed by atoms with E-state index < -0.39 is 23.7 Å². The number of aromatic nitrogens is 3. The molecule has 1 aliphatic carbocycles. The number of nitrogens with one attached hydrogen (secondary N) is 3. The monoisotopic (exact) mass is 401 g/mol. The molecular weight excluding hydrogens is 377 g/mol. The molecule has 0 bridgehead atoms. The first-order valence-electron chi connectivity index (χ1n) is 9.95. The lowest BCUT2D eigenvalue weighted by atomic mass is 10.0. The van der Waals surface area contributed by atoms with Crippen LogP contribution < -0.4 is 15.4 Å². The van der Waals surface area contributed by atoms with E-state index in [0.717, 1.165) is 18.8 Å². The lowest BCUT2D eigenvalue weighted by Crippen LogP contribution is -2.46. The van der Waals surface area contributed by atoms with Crippen LogP contribution in [-0.4, -0.2) is 39.6 Å². The van der Waals surface area contributed by atoms with E-state index in [0.29, 0.717) is 11.4 Å². The number of ether oxygens (including phenoxy) is 1. The van der Waals surface area contributed by atoms with Gasteiger partial charge in [-0.2, -0.15) is 0 Å². The van der Waals surface area contributed by atoms with Gasteiger partial charge >= 0.3 is 0 Å². The fourth-order valence-corrected chi connectivity index (χ4v) is 3.88. The number of aromatic amines is 1. The molecule has 1 aromatic carbocycles. The van der Waals surface area contributed by atoms with Gasteiger partial charge in [-0.15, -0.1) is 5.10 Å². The van der Waals surface area contributed by atoms with Crippen LogP contribution in [0.5, 0.6) is 5.75 Å². The number of anilines is 1. The van der Waals surface area contributed by atoms with Crippen molar-refractivity contribution in [3.8, 4) is 5.75 Å². The highest BCUT2D eigenvalue weighted by Crippen LogP contribution is 2.31. The van der Waals surface area contributed by atoms with Gasteiger partial charge in [-0.25, -0.2) is 9.37 Å². The highest BCUT2D eigenvalue weighted by Gasteiger charge is 2.29. The van der Waals surface area contributed by atoms with Gasteiger partial charge in [-0.05, 0) is 37.0 Å². The summed E-state index contributed by atoms with van der Waals surface area (Å²) in [6.45, 7) is 1.61. The number of H-pyrrole nitrogens is 1. The molecule has 1 saturated carbocycles. The van der Waals surface area contributed by atoms with Crippen molar-refractivity contribution in [3.05, 3.63) is 35.2 Å². The van der Waals surface area contributed by atoms with E-state index in [2.05, 4.69) is 25.8 Å². The molecule has 29 heavy (non-hydrogen) atoms. The van der Waals surface area contributed by atoms with Gasteiger partial charge in [0.25, 0.3) is 11.8 Å². The summed E-state index contributed by atoms with van der Waals surface area (Å²) in [6, 6.07) is 1.95. The van der Waals surface area contributed by atoms with Crippen molar-refractivity contribution >= 4 is 17.5 Å². The number of halogens is 1. The summed E-state index contributed by atoms with van der Waals surface area (Å²) < 4.78 is 19.7. The lowest BCUT2D eigenvalue weighted by Gasteiger charge is -2.13. The molecular formula is C20H24FN5O3. The van der Waals surface area contributed by atoms with Crippen LogP contribution in [0.15, 0.2) is 12.1 Å². The zero-order valence-electron chi connectivity index (χ0n) is 16.3. The second-order valence-corrected chi connectivity index (χ2v) is 7.74. The molecule has 154 valence electrons. The zero-order valence-corrected chi connectivity index (χ0v) is 16.3. The third kappa shape index (κ3) is 4.38. The molecule has 1 aromatic heterocycles. The average Bonchev–Trinajstić information content (AvgIpc) is 3.34. The van der Waals surface area contributed by atoms with E-state index in [4.69, 9.17) is 4.74 Å². The summed E-state index contributed by atoms with van der Waals surface area (Å²) in [5.74, 6) is -0.135. The van der Waals surface area contributed by atoms with Crippen molar-refractivity contribution in [1.82, 2.24) is 20.5 Å². The Balaban J connectivity index is 1.37. The molecule has 0 spiro atoms. The second kappa shape index (κ2) is 8.18. The quantitative estimate of drug-likeness (QED) is 0.713. The Hall–Kier alpha value is -2.97. The van der Waals surface area contributed by atoms with Crippen LogP contribution in [0.3, 0.4) is 0 Å². The molecule has 2 heterocycles. The average molecular weight is 401 g/mol. The lowest BCUT2D eigenvalue weighted by molar-refractivity contribution is -0.118. The minimum atomic E-state index is -0.991. The standard InChI is InChI=1S/C20H24FN5O3/c1-11-8-13(21)17-15(9-11)29-10-14(19(27)24-17)22-20(28)18-23-16(25-26-18)7-6-12-4-2-3-5-12/h8-9,12,14H,2-7,10H2,1H3,(H,22,28)(H,24,27)(H,23,25,26)/t14-/m0/s1. The van der Waals surface area contributed by atoms with Crippen molar-refractivity contribution in [2.45, 2.75) is 51.5 Å². The highest BCUT2D eigenvalue weighted by molar-refractivity contribution is 6.01. The smallest absolute Gasteiger partial charge is 0.291 e. The first-order valence-corrected chi connectivity index (χ1v) is 9.95. The summed E-state index contributed by atoms with van der Waals surface area (Å²) in [5, 5.41) is 11.8. The van der Waals surface area contributed by atoms with Crippen molar-refractivity contribution < 1.29 is 18.7 Å². The summed E-state index contributed by atoms with van der Waals surface area (Å²) >= 11 is 0. The van der Waals surface area contributed by atoms with Gasteiger partial charge < -0.3 is 15.4 Å². The largest absolute Gasteiger partial charge is 0.489 e. The van der Waals surface area contributed by atoms with Crippen LogP contribution in [0.25, 0.3) is 0 Å². The SMILES string of the molecule is Cc1cc(F)c2c(c1)OC[C@H](NC(=O)c1n[nH]c(CCC3CCCC3)n1)C(=O)N2. The van der Waals surface area contributed by atoms with Crippen molar-refractivity contribution in [2.75, 3.05) is 11.9 Å². The zero-order chi connectivity index (χ0) is 20.4. The van der Waals surface area contributed by atoms with Gasteiger partial charge in [0.05, 0.1) is 0 Å². The topological polar surface area (TPSA) is 109 Å². The molecule has 4 rings (SSSR count). The normalized spacial score (nSPS) is 19.2.